The third-order valence-electron chi connectivity index (χ3n) is 8.51. The van der Waals surface area contributed by atoms with Crippen LogP contribution in [-0.4, -0.2) is 83.2 Å². The van der Waals surface area contributed by atoms with Crippen LogP contribution >= 0.6 is 11.8 Å². The summed E-state index contributed by atoms with van der Waals surface area (Å²) in [7, 11) is 0. The number of hydrogen-bond donors (Lipinski definition) is 1. The maximum Gasteiger partial charge on any atom is 0.311 e. The number of amides is 2. The van der Waals surface area contributed by atoms with E-state index in [4.69, 9.17) is 9.84 Å². The van der Waals surface area contributed by atoms with E-state index in [0.717, 1.165) is 50.1 Å². The third kappa shape index (κ3) is 4.88. The van der Waals surface area contributed by atoms with Gasteiger partial charge < -0.3 is 24.5 Å². The van der Waals surface area contributed by atoms with Crippen LogP contribution < -0.4 is 9.80 Å². The van der Waals surface area contributed by atoms with Crippen molar-refractivity contribution in [3.05, 3.63) is 48.6 Å². The predicted octanol–water partition coefficient (Wildman–Crippen LogP) is 3.40. The van der Waals surface area contributed by atoms with E-state index in [2.05, 4.69) is 18.7 Å². The Bertz CT molecular complexity index is 1130. The quantitative estimate of drug-likeness (QED) is 0.270. The normalized spacial score (nSPS) is 29.6. The van der Waals surface area contributed by atoms with Gasteiger partial charge in [0.05, 0.1) is 16.6 Å². The van der Waals surface area contributed by atoms with Gasteiger partial charge >= 0.3 is 5.97 Å². The molecule has 5 atom stereocenters. The van der Waals surface area contributed by atoms with Crippen molar-refractivity contribution in [2.45, 2.75) is 55.6 Å². The van der Waals surface area contributed by atoms with Crippen molar-refractivity contribution in [1.82, 2.24) is 4.90 Å². The Hall–Kier alpha value is -2.78. The first-order valence-corrected chi connectivity index (χ1v) is 15.1. The Labute approximate surface area is 235 Å². The van der Waals surface area contributed by atoms with E-state index in [-0.39, 0.29) is 36.2 Å². The number of rotatable bonds is 10. The lowest BCUT2D eigenvalue weighted by Crippen LogP contribution is -2.53. The number of unbranched alkanes of at least 4 members (excludes halogenated alkanes) is 3. The number of thioether (sulfide) groups is 1. The molecule has 9 heteroatoms. The zero-order chi connectivity index (χ0) is 27.6. The minimum Gasteiger partial charge on any atom is -0.461 e. The molecule has 4 aliphatic rings. The summed E-state index contributed by atoms with van der Waals surface area (Å²) in [5.41, 5.74) is 1.91. The summed E-state index contributed by atoms with van der Waals surface area (Å²) in [6.45, 7) is 7.26. The van der Waals surface area contributed by atoms with Crippen molar-refractivity contribution in [3.63, 3.8) is 0 Å². The fraction of sp³-hybridized carbons (Fsp3) is 0.567. The first-order chi connectivity index (χ1) is 19.0. The lowest BCUT2D eigenvalue weighted by atomic mass is 9.78. The second kappa shape index (κ2) is 11.8. The van der Waals surface area contributed by atoms with Crippen LogP contribution in [0.5, 0.6) is 0 Å². The summed E-state index contributed by atoms with van der Waals surface area (Å²) in [6.07, 6.45) is 11.0. The number of aliphatic hydroxyl groups excluding tert-OH is 1. The number of benzene rings is 1. The average molecular weight is 554 g/mol. The first kappa shape index (κ1) is 27.8. The summed E-state index contributed by atoms with van der Waals surface area (Å²) in [5.74, 6) is -1.85. The second-order valence-electron chi connectivity index (χ2n) is 10.6. The molecule has 4 aliphatic heterocycles. The Balaban J connectivity index is 1.49. The molecule has 1 spiro atoms. The van der Waals surface area contributed by atoms with E-state index < -0.39 is 22.6 Å². The lowest BCUT2D eigenvalue weighted by Gasteiger charge is -2.35. The second-order valence-corrected chi connectivity index (χ2v) is 12.1. The highest BCUT2D eigenvalue weighted by Gasteiger charge is 2.71. The Morgan fingerprint density at radius 1 is 1.03 bits per heavy atom. The van der Waals surface area contributed by atoms with Crippen molar-refractivity contribution in [3.8, 4) is 0 Å². The molecule has 2 fully saturated rings. The lowest BCUT2D eigenvalue weighted by molar-refractivity contribution is -0.151. The van der Waals surface area contributed by atoms with Crippen LogP contribution in [0.1, 0.15) is 39.5 Å². The van der Waals surface area contributed by atoms with E-state index in [1.54, 1.807) is 21.6 Å². The number of aliphatic hydroxyl groups is 1. The van der Waals surface area contributed by atoms with Crippen LogP contribution in [0.2, 0.25) is 0 Å². The maximum atomic E-state index is 14.4. The topological polar surface area (TPSA) is 90.4 Å². The number of hydrogen-bond acceptors (Lipinski definition) is 7. The van der Waals surface area contributed by atoms with Crippen molar-refractivity contribution in [1.29, 1.82) is 0 Å². The molecule has 1 aromatic carbocycles. The van der Waals surface area contributed by atoms with Gasteiger partial charge in [-0.15, -0.1) is 11.8 Å². The number of carbonyl (C=O) groups is 3. The van der Waals surface area contributed by atoms with Gasteiger partial charge in [0.2, 0.25) is 5.91 Å². The molecule has 2 amide bonds. The van der Waals surface area contributed by atoms with Crippen LogP contribution in [0.4, 0.5) is 11.4 Å². The molecular formula is C30H39N3O5S. The summed E-state index contributed by atoms with van der Waals surface area (Å²) < 4.78 is 4.62. The van der Waals surface area contributed by atoms with E-state index in [1.165, 1.54) is 0 Å². The van der Waals surface area contributed by atoms with Gasteiger partial charge in [0.1, 0.15) is 12.6 Å². The zero-order valence-corrected chi connectivity index (χ0v) is 23.6. The van der Waals surface area contributed by atoms with Crippen LogP contribution in [0.3, 0.4) is 0 Å². The zero-order valence-electron chi connectivity index (χ0n) is 22.8. The summed E-state index contributed by atoms with van der Waals surface area (Å²) in [4.78, 5) is 47.4. The molecule has 1 aromatic rings. The molecular weight excluding hydrogens is 514 g/mol. The van der Waals surface area contributed by atoms with E-state index in [9.17, 15) is 14.4 Å². The minimum absolute atomic E-state index is 0.108. The summed E-state index contributed by atoms with van der Waals surface area (Å²) in [6, 6.07) is 7.36. The molecule has 8 nitrogen and oxygen atoms in total. The Morgan fingerprint density at radius 3 is 2.49 bits per heavy atom. The molecule has 5 rings (SSSR count). The van der Waals surface area contributed by atoms with Crippen LogP contribution in [0.15, 0.2) is 48.6 Å². The third-order valence-corrected chi connectivity index (χ3v) is 10.3. The van der Waals surface area contributed by atoms with Gasteiger partial charge in [0, 0.05) is 49.4 Å². The van der Waals surface area contributed by atoms with Gasteiger partial charge in [-0.1, -0.05) is 37.1 Å². The smallest absolute Gasteiger partial charge is 0.311 e. The first-order valence-electron chi connectivity index (χ1n) is 14.2. The van der Waals surface area contributed by atoms with Gasteiger partial charge in [0.15, 0.2) is 0 Å². The molecule has 2 saturated heterocycles. The maximum absolute atomic E-state index is 14.4. The monoisotopic (exact) mass is 553 g/mol. The largest absolute Gasteiger partial charge is 0.461 e. The molecule has 210 valence electrons. The summed E-state index contributed by atoms with van der Waals surface area (Å²) >= 11 is 1.57. The van der Waals surface area contributed by atoms with Gasteiger partial charge in [-0.3, -0.25) is 14.4 Å². The molecule has 1 unspecified atom stereocenters. The predicted molar refractivity (Wildman–Crippen MR) is 154 cm³/mol. The number of carbonyl (C=O) groups excluding carboxylic acids is 3. The number of cyclic esters (lactones) is 1. The molecule has 0 radical (unpaired) electrons. The van der Waals surface area contributed by atoms with E-state index in [1.807, 2.05) is 48.6 Å². The van der Waals surface area contributed by atoms with E-state index in [0.29, 0.717) is 13.1 Å². The molecule has 1 N–H and O–H groups in total. The van der Waals surface area contributed by atoms with Crippen LogP contribution in [0, 0.1) is 11.8 Å². The van der Waals surface area contributed by atoms with Crippen molar-refractivity contribution in [2.75, 3.05) is 49.2 Å². The Morgan fingerprint density at radius 2 is 1.77 bits per heavy atom. The van der Waals surface area contributed by atoms with Crippen LogP contribution in [0.25, 0.3) is 0 Å². The molecule has 0 aliphatic carbocycles. The summed E-state index contributed by atoms with van der Waals surface area (Å²) in [5, 5.41) is 8.93. The van der Waals surface area contributed by atoms with Crippen molar-refractivity contribution < 1.29 is 24.2 Å². The highest BCUT2D eigenvalue weighted by molar-refractivity contribution is 8.02. The molecule has 0 bridgehead atoms. The van der Waals surface area contributed by atoms with Gasteiger partial charge in [-0.05, 0) is 51.0 Å². The molecule has 0 saturated carbocycles. The number of fused-ring (bicyclic) bond motifs is 2. The number of anilines is 2. The SMILES string of the molecule is CCN(CC)c1ccc(N2CC=C[C@]34S[C@@H]5C=CCOC(=O)[C@@H]5[C@H]3C(=O)N(CCCCCCO)C4C2=O)cc1. The average Bonchev–Trinajstić information content (AvgIpc) is 3.23. The van der Waals surface area contributed by atoms with Gasteiger partial charge in [0.25, 0.3) is 5.91 Å². The fourth-order valence-corrected chi connectivity index (χ4v) is 8.62. The molecule has 0 aromatic heterocycles. The Kier molecular flexibility index (Phi) is 8.38. The number of ether oxygens (including phenoxy) is 1. The van der Waals surface area contributed by atoms with Crippen molar-refractivity contribution in [2.24, 2.45) is 11.8 Å². The minimum atomic E-state index is -0.828. The number of nitrogens with zero attached hydrogens (tertiary/aromatic N) is 3. The highest BCUT2D eigenvalue weighted by Crippen LogP contribution is 2.61. The van der Waals surface area contributed by atoms with Crippen LogP contribution in [-0.2, 0) is 19.1 Å². The molecule has 39 heavy (non-hydrogen) atoms. The fourth-order valence-electron chi connectivity index (χ4n) is 6.62. The van der Waals surface area contributed by atoms with Gasteiger partial charge in [-0.2, -0.15) is 0 Å². The number of likely N-dealkylation sites (tertiary alicyclic amines) is 1. The molecule has 4 heterocycles. The standard InChI is InChI=1S/C30H39N3O5S/c1-3-31(4-2)21-12-14-22(15-13-21)32-18-10-16-30-25(24-23(39-30)11-9-20-38-29(24)37)27(35)33(26(30)28(32)36)17-7-5-6-8-19-34/h9-16,23-26,34H,3-8,17-20H2,1-2H3/t23-,24+,25+,26?,30+/m1/s1. The number of esters is 1. The highest BCUT2D eigenvalue weighted by atomic mass is 32.2. The van der Waals surface area contributed by atoms with E-state index >= 15 is 0 Å². The van der Waals surface area contributed by atoms with Crippen molar-refractivity contribution >= 4 is 40.9 Å². The van der Waals surface area contributed by atoms with Gasteiger partial charge in [-0.25, -0.2) is 0 Å².